The van der Waals surface area contributed by atoms with Crippen LogP contribution in [0.3, 0.4) is 0 Å². The standard InChI is InChI=1S/C24H26F3N5O/c1-32(2)22-17-5-3-4-6-19(17)30-24(31-22)29-16-10-7-14(8-11-16)23(33)28-13-15-9-12-18(25)21(27)20(15)26/h3-6,9,12,14,16H,7-8,10-11,13H2,1-2H3,(H,28,33)(H,29,30,31). The van der Waals surface area contributed by atoms with Gasteiger partial charge in [0.15, 0.2) is 17.5 Å². The van der Waals surface area contributed by atoms with Crippen LogP contribution in [-0.2, 0) is 11.3 Å². The molecule has 1 amide bonds. The van der Waals surface area contributed by atoms with E-state index in [0.29, 0.717) is 18.8 Å². The van der Waals surface area contributed by atoms with E-state index in [0.717, 1.165) is 41.7 Å². The first-order valence-corrected chi connectivity index (χ1v) is 10.9. The molecule has 2 N–H and O–H groups in total. The molecule has 1 heterocycles. The van der Waals surface area contributed by atoms with Crippen LogP contribution in [0.5, 0.6) is 0 Å². The van der Waals surface area contributed by atoms with Gasteiger partial charge in [0.2, 0.25) is 11.9 Å². The summed E-state index contributed by atoms with van der Waals surface area (Å²) in [5, 5.41) is 7.02. The molecular weight excluding hydrogens is 431 g/mol. The van der Waals surface area contributed by atoms with Crippen molar-refractivity contribution in [2.24, 2.45) is 5.92 Å². The van der Waals surface area contributed by atoms with Crippen molar-refractivity contribution < 1.29 is 18.0 Å². The van der Waals surface area contributed by atoms with Gasteiger partial charge in [-0.25, -0.2) is 18.2 Å². The molecule has 1 aromatic heterocycles. The Morgan fingerprint density at radius 1 is 1.00 bits per heavy atom. The minimum Gasteiger partial charge on any atom is -0.362 e. The van der Waals surface area contributed by atoms with Crippen molar-refractivity contribution in [2.75, 3.05) is 24.3 Å². The van der Waals surface area contributed by atoms with Crippen LogP contribution in [0.1, 0.15) is 31.2 Å². The minimum atomic E-state index is -1.53. The summed E-state index contributed by atoms with van der Waals surface area (Å²) in [6.45, 7) is -0.182. The van der Waals surface area contributed by atoms with Gasteiger partial charge < -0.3 is 15.5 Å². The number of para-hydroxylation sites is 1. The summed E-state index contributed by atoms with van der Waals surface area (Å²) in [4.78, 5) is 23.8. The van der Waals surface area contributed by atoms with Crippen molar-refractivity contribution in [1.29, 1.82) is 0 Å². The van der Waals surface area contributed by atoms with Gasteiger partial charge in [0, 0.05) is 43.5 Å². The average Bonchev–Trinajstić information content (AvgIpc) is 2.82. The Morgan fingerprint density at radius 3 is 2.45 bits per heavy atom. The molecule has 0 spiro atoms. The third-order valence-corrected chi connectivity index (χ3v) is 6.01. The summed E-state index contributed by atoms with van der Waals surface area (Å²) in [6.07, 6.45) is 2.81. The van der Waals surface area contributed by atoms with Gasteiger partial charge in [-0.3, -0.25) is 4.79 Å². The average molecular weight is 458 g/mol. The Balaban J connectivity index is 1.34. The number of carbonyl (C=O) groups is 1. The Hall–Kier alpha value is -3.36. The first-order chi connectivity index (χ1) is 15.8. The number of fused-ring (bicyclic) bond motifs is 1. The number of nitrogens with one attached hydrogen (secondary N) is 2. The number of nitrogens with zero attached hydrogens (tertiary/aromatic N) is 3. The predicted octanol–water partition coefficient (Wildman–Crippen LogP) is 4.40. The highest BCUT2D eigenvalue weighted by atomic mass is 19.2. The van der Waals surface area contributed by atoms with E-state index in [1.807, 2.05) is 43.3 Å². The van der Waals surface area contributed by atoms with Crippen LogP contribution >= 0.6 is 0 Å². The van der Waals surface area contributed by atoms with Crippen molar-refractivity contribution >= 4 is 28.6 Å². The lowest BCUT2D eigenvalue weighted by molar-refractivity contribution is -0.126. The lowest BCUT2D eigenvalue weighted by Gasteiger charge is -2.28. The second-order valence-electron chi connectivity index (χ2n) is 8.53. The van der Waals surface area contributed by atoms with Crippen LogP contribution in [0.25, 0.3) is 10.9 Å². The van der Waals surface area contributed by atoms with Gasteiger partial charge in [-0.15, -0.1) is 0 Å². The lowest BCUT2D eigenvalue weighted by Crippen LogP contribution is -2.36. The van der Waals surface area contributed by atoms with Crippen molar-refractivity contribution in [3.8, 4) is 0 Å². The fourth-order valence-electron chi connectivity index (χ4n) is 4.18. The number of amides is 1. The summed E-state index contributed by atoms with van der Waals surface area (Å²) in [5.74, 6) is -3.08. The van der Waals surface area contributed by atoms with Gasteiger partial charge in [-0.2, -0.15) is 4.98 Å². The Morgan fingerprint density at radius 2 is 1.73 bits per heavy atom. The largest absolute Gasteiger partial charge is 0.362 e. The Bertz CT molecular complexity index is 1160. The third kappa shape index (κ3) is 5.02. The SMILES string of the molecule is CN(C)c1nc(NC2CCC(C(=O)NCc3ccc(F)c(F)c3F)CC2)nc2ccccc12. The van der Waals surface area contributed by atoms with E-state index >= 15 is 0 Å². The highest BCUT2D eigenvalue weighted by molar-refractivity contribution is 5.90. The molecule has 174 valence electrons. The number of halogens is 3. The Labute approximate surface area is 190 Å². The monoisotopic (exact) mass is 457 g/mol. The van der Waals surface area contributed by atoms with Gasteiger partial charge in [0.25, 0.3) is 0 Å². The number of carbonyl (C=O) groups excluding carboxylic acids is 1. The summed E-state index contributed by atoms with van der Waals surface area (Å²) in [6, 6.07) is 9.96. The van der Waals surface area contributed by atoms with Crippen molar-refractivity contribution in [2.45, 2.75) is 38.3 Å². The van der Waals surface area contributed by atoms with Gasteiger partial charge in [-0.1, -0.05) is 18.2 Å². The smallest absolute Gasteiger partial charge is 0.225 e. The zero-order chi connectivity index (χ0) is 23.5. The summed E-state index contributed by atoms with van der Waals surface area (Å²) in [7, 11) is 3.88. The quantitative estimate of drug-likeness (QED) is 0.537. The number of rotatable bonds is 6. The molecule has 1 aliphatic rings. The van der Waals surface area contributed by atoms with E-state index in [1.54, 1.807) is 0 Å². The van der Waals surface area contributed by atoms with Crippen LogP contribution in [0, 0.1) is 23.4 Å². The van der Waals surface area contributed by atoms with E-state index in [-0.39, 0.29) is 30.0 Å². The van der Waals surface area contributed by atoms with Gasteiger partial charge in [0.1, 0.15) is 5.82 Å². The zero-order valence-corrected chi connectivity index (χ0v) is 18.5. The van der Waals surface area contributed by atoms with Gasteiger partial charge >= 0.3 is 0 Å². The minimum absolute atomic E-state index is 0.0808. The number of hydrogen-bond donors (Lipinski definition) is 2. The molecule has 33 heavy (non-hydrogen) atoms. The number of anilines is 2. The van der Waals surface area contributed by atoms with E-state index in [4.69, 9.17) is 0 Å². The number of benzene rings is 2. The second kappa shape index (κ2) is 9.64. The molecule has 0 radical (unpaired) electrons. The first kappa shape index (κ1) is 22.8. The Kier molecular flexibility index (Phi) is 6.67. The second-order valence-corrected chi connectivity index (χ2v) is 8.53. The fraction of sp³-hybridized carbons (Fsp3) is 0.375. The molecule has 9 heteroatoms. The molecule has 0 aliphatic heterocycles. The maximum absolute atomic E-state index is 13.8. The number of hydrogen-bond acceptors (Lipinski definition) is 5. The topological polar surface area (TPSA) is 70.2 Å². The van der Waals surface area contributed by atoms with E-state index in [9.17, 15) is 18.0 Å². The molecule has 0 unspecified atom stereocenters. The third-order valence-electron chi connectivity index (χ3n) is 6.01. The fourth-order valence-corrected chi connectivity index (χ4v) is 4.18. The van der Waals surface area contributed by atoms with Crippen LogP contribution in [-0.4, -0.2) is 36.0 Å². The molecule has 4 rings (SSSR count). The van der Waals surface area contributed by atoms with Gasteiger partial charge in [-0.05, 0) is 43.9 Å². The summed E-state index contributed by atoms with van der Waals surface area (Å²) < 4.78 is 40.2. The normalized spacial score (nSPS) is 18.2. The molecule has 0 atom stereocenters. The van der Waals surface area contributed by atoms with Crippen LogP contribution in [0.4, 0.5) is 24.9 Å². The molecule has 1 aliphatic carbocycles. The van der Waals surface area contributed by atoms with E-state index in [1.165, 1.54) is 0 Å². The van der Waals surface area contributed by atoms with Crippen LogP contribution in [0.15, 0.2) is 36.4 Å². The maximum Gasteiger partial charge on any atom is 0.225 e. The maximum atomic E-state index is 13.8. The summed E-state index contributed by atoms with van der Waals surface area (Å²) in [5.41, 5.74) is 0.777. The van der Waals surface area contributed by atoms with Crippen molar-refractivity contribution in [3.05, 3.63) is 59.4 Å². The number of aromatic nitrogens is 2. The van der Waals surface area contributed by atoms with E-state index in [2.05, 4.69) is 20.6 Å². The zero-order valence-electron chi connectivity index (χ0n) is 18.5. The van der Waals surface area contributed by atoms with Crippen molar-refractivity contribution in [3.63, 3.8) is 0 Å². The van der Waals surface area contributed by atoms with Crippen molar-refractivity contribution in [1.82, 2.24) is 15.3 Å². The predicted molar refractivity (Wildman–Crippen MR) is 121 cm³/mol. The molecule has 6 nitrogen and oxygen atoms in total. The van der Waals surface area contributed by atoms with Crippen LogP contribution in [0.2, 0.25) is 0 Å². The van der Waals surface area contributed by atoms with Crippen LogP contribution < -0.4 is 15.5 Å². The highest BCUT2D eigenvalue weighted by Crippen LogP contribution is 2.28. The molecule has 3 aromatic rings. The lowest BCUT2D eigenvalue weighted by atomic mass is 9.85. The molecule has 2 aromatic carbocycles. The molecule has 0 bridgehead atoms. The molecule has 1 fully saturated rings. The summed E-state index contributed by atoms with van der Waals surface area (Å²) >= 11 is 0. The first-order valence-electron chi connectivity index (χ1n) is 10.9. The molecule has 0 saturated heterocycles. The van der Waals surface area contributed by atoms with Gasteiger partial charge in [0.05, 0.1) is 5.52 Å². The molecular formula is C24H26F3N5O. The highest BCUT2D eigenvalue weighted by Gasteiger charge is 2.27. The van der Waals surface area contributed by atoms with E-state index < -0.39 is 17.5 Å². The molecule has 1 saturated carbocycles.